The maximum Gasteiger partial charge on any atom is 0.280 e. The Morgan fingerprint density at radius 1 is 1.43 bits per heavy atom. The van der Waals surface area contributed by atoms with Crippen LogP contribution in [0.4, 0.5) is 8.78 Å². The molecule has 0 fully saturated rings. The highest BCUT2D eigenvalue weighted by atomic mass is 32.2. The van der Waals surface area contributed by atoms with Crippen LogP contribution in [0.3, 0.4) is 0 Å². The summed E-state index contributed by atoms with van der Waals surface area (Å²) in [5.74, 6) is 2.27. The first kappa shape index (κ1) is 10.9. The Morgan fingerprint density at radius 3 is 2.50 bits per heavy atom. The molecule has 1 aromatic rings. The molecule has 5 heteroatoms. The highest BCUT2D eigenvalue weighted by Crippen LogP contribution is 2.24. The van der Waals surface area contributed by atoms with Crippen LogP contribution < -0.4 is 0 Å². The molecule has 0 amide bonds. The largest absolute Gasteiger partial charge is 0.280 e. The van der Waals surface area contributed by atoms with Gasteiger partial charge >= 0.3 is 0 Å². The lowest BCUT2D eigenvalue weighted by molar-refractivity contribution is 0.144. The van der Waals surface area contributed by atoms with Crippen LogP contribution in [0.2, 0.25) is 0 Å². The van der Waals surface area contributed by atoms with Crippen molar-refractivity contribution < 1.29 is 8.78 Å². The second kappa shape index (κ2) is 4.38. The molecule has 1 rings (SSSR count). The van der Waals surface area contributed by atoms with Crippen LogP contribution in [0, 0.1) is 19.3 Å². The zero-order valence-corrected chi connectivity index (χ0v) is 8.53. The quantitative estimate of drug-likeness (QED) is 0.429. The number of rotatable bonds is 2. The molecule has 74 valence electrons. The van der Waals surface area contributed by atoms with Crippen LogP contribution in [0.25, 0.3) is 0 Å². The summed E-state index contributed by atoms with van der Waals surface area (Å²) in [6, 6.07) is 0. The third-order valence-corrected chi connectivity index (χ3v) is 2.24. The number of terminal acetylenes is 1. The molecule has 0 radical (unpaired) electrons. The molecule has 0 aliphatic carbocycles. The van der Waals surface area contributed by atoms with Crippen molar-refractivity contribution in [1.29, 1.82) is 0 Å². The maximum atomic E-state index is 12.5. The van der Waals surface area contributed by atoms with Gasteiger partial charge in [-0.2, -0.15) is 0 Å². The zero-order chi connectivity index (χ0) is 10.7. The first-order valence-electron chi connectivity index (χ1n) is 3.77. The number of alkyl halides is 2. The highest BCUT2D eigenvalue weighted by Gasteiger charge is 2.16. The van der Waals surface area contributed by atoms with Gasteiger partial charge in [-0.05, 0) is 19.1 Å². The normalized spacial score (nSPS) is 10.3. The lowest BCUT2D eigenvalue weighted by Crippen LogP contribution is -2.02. The van der Waals surface area contributed by atoms with Gasteiger partial charge in [0.25, 0.3) is 6.43 Å². The van der Waals surface area contributed by atoms with E-state index in [0.29, 0.717) is 0 Å². The van der Waals surface area contributed by atoms with Crippen LogP contribution >= 0.6 is 11.8 Å². The first-order valence-corrected chi connectivity index (χ1v) is 5.00. The van der Waals surface area contributed by atoms with E-state index in [0.717, 1.165) is 0 Å². The SMILES string of the molecule is C#Cc1nc(SC)nc(C(F)F)c1C. The van der Waals surface area contributed by atoms with E-state index in [1.165, 1.54) is 18.7 Å². The number of hydrogen-bond donors (Lipinski definition) is 0. The fourth-order valence-electron chi connectivity index (χ4n) is 0.957. The summed E-state index contributed by atoms with van der Waals surface area (Å²) in [4.78, 5) is 7.64. The predicted octanol–water partition coefficient (Wildman–Crippen LogP) is 2.43. The van der Waals surface area contributed by atoms with Crippen LogP contribution in [-0.4, -0.2) is 16.2 Å². The summed E-state index contributed by atoms with van der Waals surface area (Å²) in [6.07, 6.45) is 4.24. The molecule has 0 aliphatic rings. The molecule has 0 aliphatic heterocycles. The molecule has 0 N–H and O–H groups in total. The van der Waals surface area contributed by atoms with Gasteiger partial charge in [0.2, 0.25) is 0 Å². The van der Waals surface area contributed by atoms with Crippen molar-refractivity contribution in [2.45, 2.75) is 18.5 Å². The summed E-state index contributed by atoms with van der Waals surface area (Å²) in [5, 5.41) is 0.277. The van der Waals surface area contributed by atoms with Crippen molar-refractivity contribution >= 4 is 11.8 Å². The fourth-order valence-corrected chi connectivity index (χ4v) is 1.33. The topological polar surface area (TPSA) is 25.8 Å². The Hall–Kier alpha value is -1.15. The summed E-state index contributed by atoms with van der Waals surface area (Å²) >= 11 is 1.19. The standard InChI is InChI=1S/C9H8F2N2S/c1-4-6-5(2)7(8(10)11)13-9(12-6)14-3/h1,8H,2-3H3. The number of nitrogens with zero attached hydrogens (tertiary/aromatic N) is 2. The van der Waals surface area contributed by atoms with E-state index < -0.39 is 6.43 Å². The van der Waals surface area contributed by atoms with Crippen molar-refractivity contribution in [3.63, 3.8) is 0 Å². The Kier molecular flexibility index (Phi) is 3.42. The van der Waals surface area contributed by atoms with Gasteiger partial charge in [-0.25, -0.2) is 18.7 Å². The average Bonchev–Trinajstić information content (AvgIpc) is 2.17. The van der Waals surface area contributed by atoms with Crippen LogP contribution in [0.5, 0.6) is 0 Å². The number of aromatic nitrogens is 2. The average molecular weight is 214 g/mol. The minimum Gasteiger partial charge on any atom is -0.221 e. The van der Waals surface area contributed by atoms with Crippen molar-refractivity contribution in [2.24, 2.45) is 0 Å². The molecule has 0 atom stereocenters. The molecule has 14 heavy (non-hydrogen) atoms. The van der Waals surface area contributed by atoms with E-state index in [1.807, 2.05) is 0 Å². The van der Waals surface area contributed by atoms with Gasteiger partial charge in [0.15, 0.2) is 5.16 Å². The smallest absolute Gasteiger partial charge is 0.221 e. The van der Waals surface area contributed by atoms with Crippen LogP contribution in [0.15, 0.2) is 5.16 Å². The lowest BCUT2D eigenvalue weighted by atomic mass is 10.2. The van der Waals surface area contributed by atoms with Crippen molar-refractivity contribution in [3.8, 4) is 12.3 Å². The summed E-state index contributed by atoms with van der Waals surface area (Å²) < 4.78 is 25.0. The molecule has 0 spiro atoms. The van der Waals surface area contributed by atoms with Gasteiger partial charge in [-0.3, -0.25) is 0 Å². The number of hydrogen-bond acceptors (Lipinski definition) is 3. The van der Waals surface area contributed by atoms with Crippen molar-refractivity contribution in [2.75, 3.05) is 6.26 Å². The van der Waals surface area contributed by atoms with Crippen LogP contribution in [-0.2, 0) is 0 Å². The maximum absolute atomic E-state index is 12.5. The molecule has 1 heterocycles. The minimum absolute atomic E-state index is 0.236. The Balaban J connectivity index is 3.36. The third-order valence-electron chi connectivity index (χ3n) is 1.69. The molecule has 1 aromatic heterocycles. The second-order valence-electron chi connectivity index (χ2n) is 2.51. The van der Waals surface area contributed by atoms with Gasteiger partial charge in [0, 0.05) is 5.56 Å². The van der Waals surface area contributed by atoms with Gasteiger partial charge in [0.05, 0.1) is 0 Å². The number of halogens is 2. The van der Waals surface area contributed by atoms with Crippen molar-refractivity contribution in [1.82, 2.24) is 9.97 Å². The zero-order valence-electron chi connectivity index (χ0n) is 7.71. The van der Waals surface area contributed by atoms with Gasteiger partial charge in [-0.1, -0.05) is 11.8 Å². The predicted molar refractivity (Wildman–Crippen MR) is 51.4 cm³/mol. The molecular formula is C9H8F2N2S. The van der Waals surface area contributed by atoms with E-state index in [-0.39, 0.29) is 22.1 Å². The van der Waals surface area contributed by atoms with Gasteiger partial charge in [-0.15, -0.1) is 6.42 Å². The molecule has 0 bridgehead atoms. The number of thioether (sulfide) groups is 1. The van der Waals surface area contributed by atoms with E-state index in [1.54, 1.807) is 6.26 Å². The second-order valence-corrected chi connectivity index (χ2v) is 3.29. The summed E-state index contributed by atoms with van der Waals surface area (Å²) in [6.45, 7) is 1.50. The monoisotopic (exact) mass is 214 g/mol. The van der Waals surface area contributed by atoms with Crippen LogP contribution in [0.1, 0.15) is 23.4 Å². The Labute approximate surface area is 85.1 Å². The lowest BCUT2D eigenvalue weighted by Gasteiger charge is -2.06. The molecule has 2 nitrogen and oxygen atoms in total. The molecule has 0 aromatic carbocycles. The first-order chi connectivity index (χ1) is 6.60. The summed E-state index contributed by atoms with van der Waals surface area (Å²) in [7, 11) is 0. The Bertz CT molecular complexity index is 385. The molecule has 0 saturated carbocycles. The van der Waals surface area contributed by atoms with E-state index in [2.05, 4.69) is 15.9 Å². The highest BCUT2D eigenvalue weighted by molar-refractivity contribution is 7.98. The van der Waals surface area contributed by atoms with E-state index in [4.69, 9.17) is 6.42 Å². The minimum atomic E-state index is -2.61. The van der Waals surface area contributed by atoms with E-state index in [9.17, 15) is 8.78 Å². The van der Waals surface area contributed by atoms with E-state index >= 15 is 0 Å². The van der Waals surface area contributed by atoms with Crippen molar-refractivity contribution in [3.05, 3.63) is 17.0 Å². The Morgan fingerprint density at radius 2 is 2.07 bits per heavy atom. The van der Waals surface area contributed by atoms with Gasteiger partial charge < -0.3 is 0 Å². The fraction of sp³-hybridized carbons (Fsp3) is 0.333. The molecule has 0 unspecified atom stereocenters. The molecular weight excluding hydrogens is 206 g/mol. The summed E-state index contributed by atoms with van der Waals surface area (Å²) in [5.41, 5.74) is 0.234. The third kappa shape index (κ3) is 2.02. The van der Waals surface area contributed by atoms with Gasteiger partial charge in [0.1, 0.15) is 11.4 Å². The molecule has 0 saturated heterocycles.